The van der Waals surface area contributed by atoms with E-state index in [0.29, 0.717) is 6.54 Å². The zero-order valence-corrected chi connectivity index (χ0v) is 12.7. The van der Waals surface area contributed by atoms with Crippen molar-refractivity contribution in [3.63, 3.8) is 0 Å². The van der Waals surface area contributed by atoms with Crippen LogP contribution in [0.1, 0.15) is 18.3 Å². The van der Waals surface area contributed by atoms with Crippen molar-refractivity contribution >= 4 is 34.2 Å². The summed E-state index contributed by atoms with van der Waals surface area (Å²) in [6.45, 7) is 2.56. The lowest BCUT2D eigenvalue weighted by atomic mass is 10.1. The van der Waals surface area contributed by atoms with Crippen LogP contribution in [0.4, 0.5) is 0 Å². The zero-order valence-electron chi connectivity index (χ0n) is 11.0. The highest BCUT2D eigenvalue weighted by Crippen LogP contribution is 2.30. The van der Waals surface area contributed by atoms with E-state index in [1.165, 1.54) is 11.5 Å². The topological polar surface area (TPSA) is 64.7 Å². The Morgan fingerprint density at radius 1 is 1.25 bits per heavy atom. The number of hydrogen-bond acceptors (Lipinski definition) is 6. The number of nitrogens with zero attached hydrogens (tertiary/aromatic N) is 3. The first-order valence-corrected chi connectivity index (χ1v) is 7.98. The molecule has 1 aromatic carbocycles. The van der Waals surface area contributed by atoms with E-state index in [1.807, 2.05) is 24.3 Å². The lowest BCUT2D eigenvalue weighted by molar-refractivity contribution is 0.970. The van der Waals surface area contributed by atoms with Crippen LogP contribution >= 0.6 is 23.3 Å². The number of pyridine rings is 1. The molecule has 0 fully saturated rings. The summed E-state index contributed by atoms with van der Waals surface area (Å²) in [5.74, 6) is 0.886. The Labute approximate surface area is 125 Å². The number of rotatable bonds is 4. The van der Waals surface area contributed by atoms with Crippen molar-refractivity contribution in [2.45, 2.75) is 29.3 Å². The molecule has 3 rings (SSSR count). The van der Waals surface area contributed by atoms with Gasteiger partial charge in [0, 0.05) is 18.4 Å². The van der Waals surface area contributed by atoms with Gasteiger partial charge in [-0.1, -0.05) is 25.1 Å². The van der Waals surface area contributed by atoms with Crippen LogP contribution in [0, 0.1) is 0 Å². The predicted octanol–water partition coefficient (Wildman–Crippen LogP) is 3.26. The number of nitrogens with two attached hydrogens (primary N) is 1. The molecule has 4 nitrogen and oxygen atoms in total. The highest BCUT2D eigenvalue weighted by atomic mass is 32.2. The molecule has 0 radical (unpaired) electrons. The van der Waals surface area contributed by atoms with Crippen LogP contribution in [0.5, 0.6) is 0 Å². The van der Waals surface area contributed by atoms with Gasteiger partial charge in [0.25, 0.3) is 0 Å². The maximum absolute atomic E-state index is 5.84. The van der Waals surface area contributed by atoms with Gasteiger partial charge in [0.05, 0.1) is 5.52 Å². The third kappa shape index (κ3) is 2.67. The molecule has 2 N–H and O–H groups in total. The second-order valence-corrected chi connectivity index (χ2v) is 6.29. The molecule has 3 aromatic rings. The fourth-order valence-corrected chi connectivity index (χ4v) is 3.65. The molecule has 0 saturated carbocycles. The molecule has 0 atom stereocenters. The van der Waals surface area contributed by atoms with Crippen LogP contribution in [0.15, 0.2) is 39.7 Å². The summed E-state index contributed by atoms with van der Waals surface area (Å²) in [7, 11) is 0. The third-order valence-electron chi connectivity index (χ3n) is 2.96. The van der Waals surface area contributed by atoms with E-state index in [1.54, 1.807) is 11.8 Å². The summed E-state index contributed by atoms with van der Waals surface area (Å²) in [6, 6.07) is 10.1. The van der Waals surface area contributed by atoms with Gasteiger partial charge in [0.2, 0.25) is 0 Å². The first-order valence-electron chi connectivity index (χ1n) is 6.39. The molecule has 0 unspecified atom stereocenters. The molecule has 0 amide bonds. The molecular weight excluding hydrogens is 288 g/mol. The number of benzene rings is 1. The standard InChI is InChI=1S/C14H14N4S2/c1-2-12-17-14(20-18-12)19-13-7-9(8-15)10-5-3-4-6-11(10)16-13/h3-7H,2,8,15H2,1H3. The molecule has 0 saturated heterocycles. The van der Waals surface area contributed by atoms with Crippen molar-refractivity contribution in [3.8, 4) is 0 Å². The normalized spacial score (nSPS) is 11.1. The SMILES string of the molecule is CCc1nsc(Sc2cc(CN)c3ccccc3n2)n1. The fourth-order valence-electron chi connectivity index (χ4n) is 1.95. The Balaban J connectivity index is 1.99. The van der Waals surface area contributed by atoms with E-state index < -0.39 is 0 Å². The minimum atomic E-state index is 0.507. The van der Waals surface area contributed by atoms with Gasteiger partial charge >= 0.3 is 0 Å². The number of fused-ring (bicyclic) bond motifs is 1. The Bertz CT molecular complexity index is 739. The van der Waals surface area contributed by atoms with Gasteiger partial charge in [-0.3, -0.25) is 0 Å². The first-order chi connectivity index (χ1) is 9.80. The van der Waals surface area contributed by atoms with Gasteiger partial charge in [-0.05, 0) is 41.0 Å². The maximum atomic E-state index is 5.84. The monoisotopic (exact) mass is 302 g/mol. The number of hydrogen-bond donors (Lipinski definition) is 1. The van der Waals surface area contributed by atoms with E-state index >= 15 is 0 Å². The van der Waals surface area contributed by atoms with Gasteiger partial charge in [-0.2, -0.15) is 4.37 Å². The fraction of sp³-hybridized carbons (Fsp3) is 0.214. The van der Waals surface area contributed by atoms with Crippen molar-refractivity contribution in [3.05, 3.63) is 41.7 Å². The lowest BCUT2D eigenvalue weighted by Gasteiger charge is -2.06. The molecule has 2 heterocycles. The highest BCUT2D eigenvalue weighted by molar-refractivity contribution is 8.00. The van der Waals surface area contributed by atoms with Crippen LogP contribution < -0.4 is 5.73 Å². The predicted molar refractivity (Wildman–Crippen MR) is 83.0 cm³/mol. The van der Waals surface area contributed by atoms with Gasteiger partial charge in [-0.25, -0.2) is 9.97 Å². The summed E-state index contributed by atoms with van der Waals surface area (Å²) in [4.78, 5) is 9.12. The molecule has 2 aromatic heterocycles. The number of aryl methyl sites for hydroxylation is 1. The van der Waals surface area contributed by atoms with Crippen molar-refractivity contribution < 1.29 is 0 Å². The summed E-state index contributed by atoms with van der Waals surface area (Å²) in [5.41, 5.74) is 7.92. The average Bonchev–Trinajstić information content (AvgIpc) is 2.94. The van der Waals surface area contributed by atoms with E-state index in [-0.39, 0.29) is 0 Å². The Morgan fingerprint density at radius 2 is 2.10 bits per heavy atom. The van der Waals surface area contributed by atoms with Gasteiger partial charge < -0.3 is 5.73 Å². The zero-order chi connectivity index (χ0) is 13.9. The largest absolute Gasteiger partial charge is 0.326 e. The molecule has 0 spiro atoms. The summed E-state index contributed by atoms with van der Waals surface area (Å²) < 4.78 is 5.22. The molecule has 0 aliphatic rings. The number of para-hydroxylation sites is 1. The molecule has 0 aliphatic heterocycles. The van der Waals surface area contributed by atoms with Crippen LogP contribution in [0.2, 0.25) is 0 Å². The minimum absolute atomic E-state index is 0.507. The van der Waals surface area contributed by atoms with E-state index in [4.69, 9.17) is 5.73 Å². The van der Waals surface area contributed by atoms with Gasteiger partial charge in [0.15, 0.2) is 4.34 Å². The van der Waals surface area contributed by atoms with E-state index in [2.05, 4.69) is 27.3 Å². The third-order valence-corrected chi connectivity index (χ3v) is 4.66. The summed E-state index contributed by atoms with van der Waals surface area (Å²) in [5, 5.41) is 2.04. The van der Waals surface area contributed by atoms with E-state index in [9.17, 15) is 0 Å². The molecule has 20 heavy (non-hydrogen) atoms. The number of aromatic nitrogens is 3. The first kappa shape index (κ1) is 13.5. The minimum Gasteiger partial charge on any atom is -0.326 e. The second-order valence-electron chi connectivity index (χ2n) is 4.27. The maximum Gasteiger partial charge on any atom is 0.176 e. The molecular formula is C14H14N4S2. The van der Waals surface area contributed by atoms with Crippen LogP contribution in [0.3, 0.4) is 0 Å². The molecule has 102 valence electrons. The van der Waals surface area contributed by atoms with Crippen LogP contribution in [-0.4, -0.2) is 14.3 Å². The lowest BCUT2D eigenvalue weighted by Crippen LogP contribution is -1.99. The summed E-state index contributed by atoms with van der Waals surface area (Å²) >= 11 is 2.96. The average molecular weight is 302 g/mol. The van der Waals surface area contributed by atoms with Crippen molar-refractivity contribution in [1.82, 2.24) is 14.3 Å². The van der Waals surface area contributed by atoms with E-state index in [0.717, 1.165) is 38.1 Å². The smallest absolute Gasteiger partial charge is 0.176 e. The van der Waals surface area contributed by atoms with Crippen molar-refractivity contribution in [1.29, 1.82) is 0 Å². The van der Waals surface area contributed by atoms with Gasteiger partial charge in [0.1, 0.15) is 10.9 Å². The quantitative estimate of drug-likeness (QED) is 0.801. The molecule has 6 heteroatoms. The van der Waals surface area contributed by atoms with Crippen LogP contribution in [0.25, 0.3) is 10.9 Å². The molecule has 0 aliphatic carbocycles. The Morgan fingerprint density at radius 3 is 2.85 bits per heavy atom. The van der Waals surface area contributed by atoms with Crippen molar-refractivity contribution in [2.24, 2.45) is 5.73 Å². The van der Waals surface area contributed by atoms with Crippen LogP contribution in [-0.2, 0) is 13.0 Å². The van der Waals surface area contributed by atoms with Gasteiger partial charge in [-0.15, -0.1) is 0 Å². The van der Waals surface area contributed by atoms with Crippen molar-refractivity contribution in [2.75, 3.05) is 0 Å². The highest BCUT2D eigenvalue weighted by Gasteiger charge is 2.09. The summed E-state index contributed by atoms with van der Waals surface area (Å²) in [6.07, 6.45) is 0.857. The Kier molecular flexibility index (Phi) is 3.95. The molecule has 0 bridgehead atoms. The second kappa shape index (κ2) is 5.87. The Hall–Kier alpha value is -1.50.